The summed E-state index contributed by atoms with van der Waals surface area (Å²) < 4.78 is 16.7. The second-order valence-corrected chi connectivity index (χ2v) is 9.92. The van der Waals surface area contributed by atoms with E-state index in [0.717, 1.165) is 23.2 Å². The number of ketones is 1. The van der Waals surface area contributed by atoms with Gasteiger partial charge in [0, 0.05) is 35.7 Å². The van der Waals surface area contributed by atoms with Crippen molar-refractivity contribution in [2.24, 2.45) is 5.41 Å². The van der Waals surface area contributed by atoms with Crippen molar-refractivity contribution in [3.8, 4) is 11.5 Å². The maximum atomic E-state index is 13.5. The zero-order chi connectivity index (χ0) is 25.2. The molecule has 0 fully saturated rings. The summed E-state index contributed by atoms with van der Waals surface area (Å²) in [6, 6.07) is 15.4. The molecule has 6 heteroatoms. The Labute approximate surface area is 207 Å². The number of esters is 1. The molecule has 0 saturated heterocycles. The van der Waals surface area contributed by atoms with E-state index in [1.807, 2.05) is 49.4 Å². The van der Waals surface area contributed by atoms with Crippen LogP contribution in [0.4, 0.5) is 0 Å². The number of nitrogens with one attached hydrogen (secondary N) is 1. The van der Waals surface area contributed by atoms with E-state index in [1.165, 1.54) is 0 Å². The second kappa shape index (κ2) is 9.98. The molecule has 0 amide bonds. The van der Waals surface area contributed by atoms with Crippen molar-refractivity contribution in [3.05, 3.63) is 82.2 Å². The van der Waals surface area contributed by atoms with Crippen LogP contribution in [0.1, 0.15) is 50.7 Å². The highest BCUT2D eigenvalue weighted by atomic mass is 16.5. The van der Waals surface area contributed by atoms with Gasteiger partial charge >= 0.3 is 5.97 Å². The molecule has 0 unspecified atom stereocenters. The Hall–Kier alpha value is -3.54. The molecule has 1 aliphatic heterocycles. The minimum absolute atomic E-state index is 0.0469. The van der Waals surface area contributed by atoms with Gasteiger partial charge < -0.3 is 19.5 Å². The molecule has 0 aromatic heterocycles. The lowest BCUT2D eigenvalue weighted by molar-refractivity contribution is -0.139. The summed E-state index contributed by atoms with van der Waals surface area (Å²) in [6.07, 6.45) is 1.77. The highest BCUT2D eigenvalue weighted by Gasteiger charge is 2.43. The summed E-state index contributed by atoms with van der Waals surface area (Å²) >= 11 is 0. The fraction of sp³-hybridized carbons (Fsp3) is 0.379. The number of benzene rings is 2. The van der Waals surface area contributed by atoms with E-state index in [4.69, 9.17) is 14.2 Å². The van der Waals surface area contributed by atoms with E-state index < -0.39 is 11.9 Å². The molecular weight excluding hydrogens is 442 g/mol. The molecule has 1 N–H and O–H groups in total. The van der Waals surface area contributed by atoms with Crippen molar-refractivity contribution >= 4 is 11.8 Å². The minimum Gasteiger partial charge on any atom is -0.493 e. The van der Waals surface area contributed by atoms with Crippen molar-refractivity contribution < 1.29 is 23.8 Å². The first-order chi connectivity index (χ1) is 16.7. The van der Waals surface area contributed by atoms with Crippen LogP contribution in [0.15, 0.2) is 71.1 Å². The summed E-state index contributed by atoms with van der Waals surface area (Å²) in [4.78, 5) is 26.9. The summed E-state index contributed by atoms with van der Waals surface area (Å²) in [6.45, 7) is 6.31. The van der Waals surface area contributed by atoms with Gasteiger partial charge in [0.1, 0.15) is 0 Å². The van der Waals surface area contributed by atoms with Gasteiger partial charge in [-0.15, -0.1) is 0 Å². The number of rotatable bonds is 7. The average Bonchev–Trinajstić information content (AvgIpc) is 2.82. The Morgan fingerprint density at radius 2 is 1.74 bits per heavy atom. The van der Waals surface area contributed by atoms with Crippen molar-refractivity contribution in [2.75, 3.05) is 20.8 Å². The number of allylic oxidation sites excluding steroid dienone is 3. The molecule has 1 heterocycles. The van der Waals surface area contributed by atoms with Gasteiger partial charge in [-0.25, -0.2) is 4.79 Å². The van der Waals surface area contributed by atoms with Crippen molar-refractivity contribution in [1.82, 2.24) is 5.32 Å². The van der Waals surface area contributed by atoms with Gasteiger partial charge in [-0.05, 0) is 42.0 Å². The van der Waals surface area contributed by atoms with Crippen LogP contribution in [0.3, 0.4) is 0 Å². The van der Waals surface area contributed by atoms with Gasteiger partial charge in [-0.2, -0.15) is 0 Å². The molecule has 0 bridgehead atoms. The standard InChI is InChI=1S/C29H33NO5/c1-18-25(28(32)35-14-13-19-9-7-6-8-10-19)26(20-11-12-23(33-4)24(15-20)34-5)27-21(30-18)16-29(2,3)17-22(27)31/h6-12,15,26,30H,13-14,16-17H2,1-5H3/t26-/m1/s1. The zero-order valence-corrected chi connectivity index (χ0v) is 21.1. The maximum absolute atomic E-state index is 13.5. The third-order valence-corrected chi connectivity index (χ3v) is 6.67. The quantitative estimate of drug-likeness (QED) is 0.562. The Balaban J connectivity index is 1.71. The number of hydrogen-bond donors (Lipinski definition) is 1. The zero-order valence-electron chi connectivity index (χ0n) is 21.1. The van der Waals surface area contributed by atoms with Crippen LogP contribution in [-0.2, 0) is 20.7 Å². The van der Waals surface area contributed by atoms with E-state index in [2.05, 4.69) is 19.2 Å². The monoisotopic (exact) mass is 475 g/mol. The molecule has 0 spiro atoms. The topological polar surface area (TPSA) is 73.9 Å². The lowest BCUT2D eigenvalue weighted by atomic mass is 9.68. The van der Waals surface area contributed by atoms with Crippen molar-refractivity contribution in [3.63, 3.8) is 0 Å². The number of carbonyl (C=O) groups is 2. The fourth-order valence-electron chi connectivity index (χ4n) is 5.06. The first-order valence-electron chi connectivity index (χ1n) is 11.9. The lowest BCUT2D eigenvalue weighted by Gasteiger charge is -2.39. The fourth-order valence-corrected chi connectivity index (χ4v) is 5.06. The van der Waals surface area contributed by atoms with Crippen LogP contribution in [0.25, 0.3) is 0 Å². The number of ether oxygens (including phenoxy) is 3. The van der Waals surface area contributed by atoms with E-state index in [1.54, 1.807) is 20.3 Å². The average molecular weight is 476 g/mol. The highest BCUT2D eigenvalue weighted by molar-refractivity contribution is 6.04. The lowest BCUT2D eigenvalue weighted by Crippen LogP contribution is -2.38. The van der Waals surface area contributed by atoms with Gasteiger partial charge in [0.2, 0.25) is 0 Å². The summed E-state index contributed by atoms with van der Waals surface area (Å²) in [5, 5.41) is 3.38. The Bertz CT molecular complexity index is 1190. The molecule has 2 aromatic rings. The molecule has 1 atom stereocenters. The first kappa shape index (κ1) is 24.6. The molecule has 35 heavy (non-hydrogen) atoms. The number of Topliss-reactive ketones (excluding diaryl/α,β-unsaturated/α-hetero) is 1. The summed E-state index contributed by atoms with van der Waals surface area (Å²) in [5.41, 5.74) is 4.41. The van der Waals surface area contributed by atoms with E-state index in [0.29, 0.717) is 41.2 Å². The van der Waals surface area contributed by atoms with Crippen LogP contribution >= 0.6 is 0 Å². The summed E-state index contributed by atoms with van der Waals surface area (Å²) in [7, 11) is 3.15. The minimum atomic E-state index is -0.543. The first-order valence-corrected chi connectivity index (χ1v) is 11.9. The van der Waals surface area contributed by atoms with Crippen LogP contribution in [-0.4, -0.2) is 32.6 Å². The molecule has 0 radical (unpaired) electrons. The van der Waals surface area contributed by atoms with E-state index in [-0.39, 0.29) is 17.8 Å². The van der Waals surface area contributed by atoms with Gasteiger partial charge in [-0.3, -0.25) is 4.79 Å². The number of hydrogen-bond acceptors (Lipinski definition) is 6. The Kier molecular flexibility index (Phi) is 7.01. The third-order valence-electron chi connectivity index (χ3n) is 6.67. The van der Waals surface area contributed by atoms with Crippen LogP contribution in [0, 0.1) is 5.41 Å². The molecule has 6 nitrogen and oxygen atoms in total. The second-order valence-electron chi connectivity index (χ2n) is 9.92. The highest BCUT2D eigenvalue weighted by Crippen LogP contribution is 2.47. The van der Waals surface area contributed by atoms with Gasteiger partial charge in [0.05, 0.1) is 26.4 Å². The van der Waals surface area contributed by atoms with Crippen molar-refractivity contribution in [1.29, 1.82) is 0 Å². The predicted octanol–water partition coefficient (Wildman–Crippen LogP) is 5.09. The SMILES string of the molecule is COc1ccc([C@@H]2C(C(=O)OCCc3ccccc3)=C(C)NC3=C2C(=O)CC(C)(C)C3)cc1OC. The molecule has 2 aromatic carbocycles. The normalized spacial score (nSPS) is 19.1. The Morgan fingerprint density at radius 3 is 2.43 bits per heavy atom. The molecular formula is C29H33NO5. The summed E-state index contributed by atoms with van der Waals surface area (Å²) in [5.74, 6) is 0.214. The third kappa shape index (κ3) is 5.11. The number of methoxy groups -OCH3 is 2. The molecule has 2 aliphatic rings. The van der Waals surface area contributed by atoms with Crippen LogP contribution in [0.2, 0.25) is 0 Å². The van der Waals surface area contributed by atoms with Crippen LogP contribution in [0.5, 0.6) is 11.5 Å². The number of carbonyl (C=O) groups excluding carboxylic acids is 2. The van der Waals surface area contributed by atoms with E-state index >= 15 is 0 Å². The van der Waals surface area contributed by atoms with Crippen molar-refractivity contribution in [2.45, 2.75) is 46.0 Å². The molecule has 4 rings (SSSR count). The number of dihydropyridines is 1. The van der Waals surface area contributed by atoms with Crippen LogP contribution < -0.4 is 14.8 Å². The molecule has 0 saturated carbocycles. The predicted molar refractivity (Wildman–Crippen MR) is 134 cm³/mol. The maximum Gasteiger partial charge on any atom is 0.336 e. The molecule has 184 valence electrons. The molecule has 1 aliphatic carbocycles. The van der Waals surface area contributed by atoms with Gasteiger partial charge in [0.25, 0.3) is 0 Å². The van der Waals surface area contributed by atoms with Gasteiger partial charge in [0.15, 0.2) is 17.3 Å². The largest absolute Gasteiger partial charge is 0.493 e. The Morgan fingerprint density at radius 1 is 1.03 bits per heavy atom. The van der Waals surface area contributed by atoms with E-state index in [9.17, 15) is 9.59 Å². The smallest absolute Gasteiger partial charge is 0.336 e. The van der Waals surface area contributed by atoms with Gasteiger partial charge in [-0.1, -0.05) is 50.2 Å².